The van der Waals surface area contributed by atoms with Crippen LogP contribution in [-0.2, 0) is 4.79 Å². The van der Waals surface area contributed by atoms with E-state index in [1.807, 2.05) is 0 Å². The van der Waals surface area contributed by atoms with Crippen LogP contribution in [-0.4, -0.2) is 6.29 Å². The summed E-state index contributed by atoms with van der Waals surface area (Å²) in [4.78, 5) is 11.0. The van der Waals surface area contributed by atoms with Gasteiger partial charge in [0.1, 0.15) is 6.29 Å². The second-order valence-electron chi connectivity index (χ2n) is 9.67. The lowest BCUT2D eigenvalue weighted by Gasteiger charge is -2.29. The van der Waals surface area contributed by atoms with Crippen LogP contribution in [0.4, 0.5) is 0 Å². The van der Waals surface area contributed by atoms with Crippen molar-refractivity contribution < 1.29 is 4.79 Å². The molecular weight excluding hydrogens is 316 g/mol. The van der Waals surface area contributed by atoms with Gasteiger partial charge in [0.2, 0.25) is 0 Å². The number of unbranched alkanes of at least 4 members (excludes halogenated alkanes) is 6. The van der Waals surface area contributed by atoms with Crippen molar-refractivity contribution in [3.8, 4) is 0 Å². The molecule has 1 nitrogen and oxygen atoms in total. The highest BCUT2D eigenvalue weighted by molar-refractivity contribution is 5.53. The molecule has 2 fully saturated rings. The molecule has 2 aliphatic rings. The van der Waals surface area contributed by atoms with Crippen LogP contribution < -0.4 is 0 Å². The lowest BCUT2D eigenvalue weighted by molar-refractivity contribution is -0.112. The molecule has 2 rings (SSSR count). The molecule has 1 heteroatoms. The minimum absolute atomic E-state index is 0.384. The molecule has 0 aromatic rings. The van der Waals surface area contributed by atoms with Gasteiger partial charge in [-0.2, -0.15) is 0 Å². The van der Waals surface area contributed by atoms with E-state index >= 15 is 0 Å². The van der Waals surface area contributed by atoms with Gasteiger partial charge >= 0.3 is 0 Å². The lowest BCUT2D eigenvalue weighted by atomic mass is 9.77. The van der Waals surface area contributed by atoms with Gasteiger partial charge in [-0.1, -0.05) is 110 Å². The average Bonchev–Trinajstić information content (AvgIpc) is 2.67. The van der Waals surface area contributed by atoms with Crippen molar-refractivity contribution >= 4 is 6.29 Å². The third-order valence-corrected chi connectivity index (χ3v) is 7.33. The Balaban J connectivity index is 1.37. The monoisotopic (exact) mass is 362 g/mol. The highest BCUT2D eigenvalue weighted by Gasteiger charge is 2.21. The van der Waals surface area contributed by atoms with Crippen molar-refractivity contribution in [3.63, 3.8) is 0 Å². The maximum atomic E-state index is 11.0. The SMILES string of the molecule is CCCC1CCCC(CCCCCCCCCC2CCCC(C=O)C2)C1. The van der Waals surface area contributed by atoms with E-state index in [-0.39, 0.29) is 0 Å². The quantitative estimate of drug-likeness (QED) is 0.239. The largest absolute Gasteiger partial charge is 0.303 e. The molecule has 26 heavy (non-hydrogen) atoms. The van der Waals surface area contributed by atoms with E-state index in [9.17, 15) is 4.79 Å². The predicted octanol–water partition coefficient (Wildman–Crippen LogP) is 8.11. The number of hydrogen-bond donors (Lipinski definition) is 0. The van der Waals surface area contributed by atoms with Crippen LogP contribution in [0.25, 0.3) is 0 Å². The average molecular weight is 363 g/mol. The number of hydrogen-bond acceptors (Lipinski definition) is 1. The Morgan fingerprint density at radius 3 is 1.73 bits per heavy atom. The summed E-state index contributed by atoms with van der Waals surface area (Å²) in [5.74, 6) is 3.36. The first kappa shape index (κ1) is 22.0. The summed E-state index contributed by atoms with van der Waals surface area (Å²) >= 11 is 0. The fraction of sp³-hybridized carbons (Fsp3) is 0.960. The minimum Gasteiger partial charge on any atom is -0.303 e. The molecule has 0 saturated heterocycles. The number of carbonyl (C=O) groups excluding carboxylic acids is 1. The molecule has 0 bridgehead atoms. The van der Waals surface area contributed by atoms with Crippen LogP contribution in [0.3, 0.4) is 0 Å². The van der Waals surface area contributed by atoms with Crippen molar-refractivity contribution in [2.75, 3.05) is 0 Å². The summed E-state index contributed by atoms with van der Waals surface area (Å²) in [7, 11) is 0. The number of carbonyl (C=O) groups is 1. The van der Waals surface area contributed by atoms with Crippen LogP contribution in [0.2, 0.25) is 0 Å². The van der Waals surface area contributed by atoms with E-state index in [1.54, 1.807) is 6.42 Å². The third kappa shape index (κ3) is 9.05. The maximum absolute atomic E-state index is 11.0. The summed E-state index contributed by atoms with van der Waals surface area (Å²) < 4.78 is 0. The third-order valence-electron chi connectivity index (χ3n) is 7.33. The topological polar surface area (TPSA) is 17.1 Å². The van der Waals surface area contributed by atoms with Crippen molar-refractivity contribution in [2.45, 2.75) is 129 Å². The fourth-order valence-corrected chi connectivity index (χ4v) is 5.80. The van der Waals surface area contributed by atoms with Gasteiger partial charge in [-0.3, -0.25) is 0 Å². The summed E-state index contributed by atoms with van der Waals surface area (Å²) in [5, 5.41) is 0. The summed E-state index contributed by atoms with van der Waals surface area (Å²) in [5.41, 5.74) is 0. The van der Waals surface area contributed by atoms with Gasteiger partial charge < -0.3 is 4.79 Å². The first-order valence-electron chi connectivity index (χ1n) is 12.3. The Morgan fingerprint density at radius 1 is 0.654 bits per heavy atom. The molecule has 0 aromatic carbocycles. The lowest BCUT2D eigenvalue weighted by Crippen LogP contribution is -2.16. The molecule has 0 aliphatic heterocycles. The molecule has 4 unspecified atom stereocenters. The van der Waals surface area contributed by atoms with Crippen molar-refractivity contribution in [2.24, 2.45) is 23.7 Å². The first-order chi connectivity index (χ1) is 12.8. The molecule has 2 aliphatic carbocycles. The predicted molar refractivity (Wildman–Crippen MR) is 113 cm³/mol. The van der Waals surface area contributed by atoms with Crippen LogP contribution in [0.5, 0.6) is 0 Å². The Hall–Kier alpha value is -0.330. The van der Waals surface area contributed by atoms with Gasteiger partial charge in [0, 0.05) is 5.92 Å². The molecule has 4 atom stereocenters. The molecule has 0 spiro atoms. The number of aldehydes is 1. The van der Waals surface area contributed by atoms with Crippen LogP contribution in [0.1, 0.15) is 129 Å². The molecular formula is C25H46O. The highest BCUT2D eigenvalue weighted by atomic mass is 16.1. The van der Waals surface area contributed by atoms with E-state index in [2.05, 4.69) is 6.92 Å². The molecule has 0 radical (unpaired) electrons. The summed E-state index contributed by atoms with van der Waals surface area (Å²) in [6.45, 7) is 2.35. The Bertz CT molecular complexity index is 348. The highest BCUT2D eigenvalue weighted by Crippen LogP contribution is 2.35. The second kappa shape index (κ2) is 13.8. The zero-order valence-electron chi connectivity index (χ0n) is 17.7. The van der Waals surface area contributed by atoms with Crippen molar-refractivity contribution in [1.82, 2.24) is 0 Å². The van der Waals surface area contributed by atoms with E-state index in [0.717, 1.165) is 24.2 Å². The summed E-state index contributed by atoms with van der Waals surface area (Å²) in [6, 6.07) is 0. The van der Waals surface area contributed by atoms with Crippen LogP contribution in [0.15, 0.2) is 0 Å². The van der Waals surface area contributed by atoms with Gasteiger partial charge in [-0.05, 0) is 37.0 Å². The minimum atomic E-state index is 0.384. The Morgan fingerprint density at radius 2 is 1.15 bits per heavy atom. The van der Waals surface area contributed by atoms with E-state index in [4.69, 9.17) is 0 Å². The second-order valence-corrected chi connectivity index (χ2v) is 9.67. The van der Waals surface area contributed by atoms with Gasteiger partial charge in [0.15, 0.2) is 0 Å². The maximum Gasteiger partial charge on any atom is 0.123 e. The zero-order chi connectivity index (χ0) is 18.5. The van der Waals surface area contributed by atoms with Gasteiger partial charge in [0.05, 0.1) is 0 Å². The molecule has 0 N–H and O–H groups in total. The van der Waals surface area contributed by atoms with E-state index < -0.39 is 0 Å². The van der Waals surface area contributed by atoms with E-state index in [0.29, 0.717) is 5.92 Å². The van der Waals surface area contributed by atoms with E-state index in [1.165, 1.54) is 115 Å². The van der Waals surface area contributed by atoms with Gasteiger partial charge in [0.25, 0.3) is 0 Å². The molecule has 152 valence electrons. The first-order valence-corrected chi connectivity index (χ1v) is 12.3. The zero-order valence-corrected chi connectivity index (χ0v) is 17.7. The van der Waals surface area contributed by atoms with Gasteiger partial charge in [-0.25, -0.2) is 0 Å². The normalized spacial score (nSPS) is 29.6. The van der Waals surface area contributed by atoms with Crippen molar-refractivity contribution in [1.29, 1.82) is 0 Å². The summed E-state index contributed by atoms with van der Waals surface area (Å²) in [6.07, 6.45) is 28.2. The molecule has 0 amide bonds. The van der Waals surface area contributed by atoms with Crippen LogP contribution >= 0.6 is 0 Å². The van der Waals surface area contributed by atoms with Crippen molar-refractivity contribution in [3.05, 3.63) is 0 Å². The molecule has 0 heterocycles. The number of rotatable bonds is 13. The molecule has 2 saturated carbocycles. The van der Waals surface area contributed by atoms with Crippen LogP contribution in [0, 0.1) is 23.7 Å². The van der Waals surface area contributed by atoms with Gasteiger partial charge in [-0.15, -0.1) is 0 Å². The standard InChI is InChI=1S/C25H46O/c1-2-12-22-15-10-16-23(19-22)13-8-6-4-3-5-7-9-14-24-17-11-18-25(20-24)21-26/h21-25H,2-20H2,1H3. The Labute approximate surface area is 164 Å². The molecule has 0 aromatic heterocycles. The smallest absolute Gasteiger partial charge is 0.123 e. The fourth-order valence-electron chi connectivity index (χ4n) is 5.80. The Kier molecular flexibility index (Phi) is 11.6.